The van der Waals surface area contributed by atoms with Crippen molar-refractivity contribution in [1.82, 2.24) is 4.90 Å². The third-order valence-electron chi connectivity index (χ3n) is 4.11. The van der Waals surface area contributed by atoms with E-state index in [1.165, 1.54) is 11.0 Å². The smallest absolute Gasteiger partial charge is 0.253 e. The van der Waals surface area contributed by atoms with E-state index in [1.807, 2.05) is 0 Å². The molecule has 0 unspecified atom stereocenters. The molecule has 2 aromatic rings. The van der Waals surface area contributed by atoms with E-state index < -0.39 is 43.8 Å². The van der Waals surface area contributed by atoms with Crippen LogP contribution in [0.3, 0.4) is 0 Å². The topological polar surface area (TPSA) is 74.7 Å². The van der Waals surface area contributed by atoms with Gasteiger partial charge in [-0.25, -0.2) is 17.2 Å². The Balaban J connectivity index is 2.00. The van der Waals surface area contributed by atoms with Crippen molar-refractivity contribution in [1.29, 1.82) is 0 Å². The Kier molecular flexibility index (Phi) is 4.90. The zero-order chi connectivity index (χ0) is 19.1. The summed E-state index contributed by atoms with van der Waals surface area (Å²) in [5, 5.41) is 9.75. The predicted molar refractivity (Wildman–Crippen MR) is 90.9 cm³/mol. The summed E-state index contributed by atoms with van der Waals surface area (Å²) >= 11 is 5.88. The lowest BCUT2D eigenvalue weighted by Crippen LogP contribution is -2.42. The van der Waals surface area contributed by atoms with Crippen LogP contribution >= 0.6 is 11.6 Å². The van der Waals surface area contributed by atoms with Crippen molar-refractivity contribution in [3.63, 3.8) is 0 Å². The van der Waals surface area contributed by atoms with Gasteiger partial charge in [0.05, 0.1) is 10.8 Å². The van der Waals surface area contributed by atoms with E-state index in [9.17, 15) is 27.1 Å². The minimum atomic E-state index is -4.24. The van der Waals surface area contributed by atoms with Gasteiger partial charge in [0.2, 0.25) is 0 Å². The number of benzene rings is 2. The maximum Gasteiger partial charge on any atom is 0.253 e. The van der Waals surface area contributed by atoms with Gasteiger partial charge in [0.15, 0.2) is 15.6 Å². The Labute approximate surface area is 153 Å². The maximum atomic E-state index is 13.8. The van der Waals surface area contributed by atoms with Crippen LogP contribution in [0.5, 0.6) is 5.75 Å². The average Bonchev–Trinajstić information content (AvgIpc) is 2.50. The molecule has 26 heavy (non-hydrogen) atoms. The fourth-order valence-corrected chi connectivity index (χ4v) is 4.34. The van der Waals surface area contributed by atoms with E-state index in [0.717, 1.165) is 24.6 Å². The van der Waals surface area contributed by atoms with Gasteiger partial charge in [-0.15, -0.1) is 0 Å². The maximum absolute atomic E-state index is 13.8. The molecule has 9 heteroatoms. The molecule has 0 saturated carbocycles. The number of likely N-dealkylation sites (tertiary alicyclic amines) is 1. The second-order valence-electron chi connectivity index (χ2n) is 5.95. The number of halogens is 3. The molecule has 1 amide bonds. The van der Waals surface area contributed by atoms with Crippen molar-refractivity contribution in [2.24, 2.45) is 0 Å². The summed E-state index contributed by atoms with van der Waals surface area (Å²) in [6, 6.07) is 4.73. The Hall–Kier alpha value is -2.19. The van der Waals surface area contributed by atoms with Crippen LogP contribution in [0.2, 0.25) is 5.02 Å². The Bertz CT molecular complexity index is 990. The van der Waals surface area contributed by atoms with E-state index in [4.69, 9.17) is 11.6 Å². The molecule has 0 atom stereocenters. The lowest BCUT2D eigenvalue weighted by Gasteiger charge is -2.31. The van der Waals surface area contributed by atoms with Gasteiger partial charge in [-0.3, -0.25) is 4.79 Å². The zero-order valence-corrected chi connectivity index (χ0v) is 14.9. The normalized spacial score (nSPS) is 14.2. The van der Waals surface area contributed by atoms with E-state index >= 15 is 0 Å². The number of carbonyl (C=O) groups excluding carboxylic acids is 1. The van der Waals surface area contributed by atoms with Crippen LogP contribution in [0, 0.1) is 11.6 Å². The second kappa shape index (κ2) is 6.85. The number of rotatable bonds is 4. The van der Waals surface area contributed by atoms with E-state index in [2.05, 4.69) is 0 Å². The van der Waals surface area contributed by atoms with Gasteiger partial charge in [0.1, 0.15) is 16.5 Å². The first kappa shape index (κ1) is 18.6. The number of carbonyl (C=O) groups is 1. The number of phenolic OH excluding ortho intramolecular Hbond substituents is 1. The molecule has 2 aromatic carbocycles. The summed E-state index contributed by atoms with van der Waals surface area (Å²) in [6.45, 7) is 1.11. The van der Waals surface area contributed by atoms with Gasteiger partial charge in [-0.2, -0.15) is 0 Å². The number of hydrogen-bond acceptors (Lipinski definition) is 4. The lowest BCUT2D eigenvalue weighted by atomic mass is 10.1. The summed E-state index contributed by atoms with van der Waals surface area (Å²) in [6.07, 6.45) is 0.854. The molecule has 3 rings (SSSR count). The number of amides is 1. The standard InChI is InChI=1S/C17H14ClF2NO4S/c18-13-6-11(17(23)21-4-1-5-21)7-15(16(13)22)26(24,25)9-10-2-3-12(19)8-14(10)20/h2-3,6-8,22H,1,4-5,9H2. The first-order chi connectivity index (χ1) is 12.2. The molecule has 0 spiro atoms. The van der Waals surface area contributed by atoms with Crippen LogP contribution in [-0.2, 0) is 15.6 Å². The Morgan fingerprint density at radius 2 is 1.88 bits per heavy atom. The molecular weight excluding hydrogens is 388 g/mol. The Morgan fingerprint density at radius 3 is 2.46 bits per heavy atom. The summed E-state index contributed by atoms with van der Waals surface area (Å²) < 4.78 is 52.0. The molecule has 0 radical (unpaired) electrons. The largest absolute Gasteiger partial charge is 0.505 e. The van der Waals surface area contributed by atoms with Crippen molar-refractivity contribution in [3.05, 3.63) is 58.1 Å². The molecule has 1 aliphatic heterocycles. The van der Waals surface area contributed by atoms with Gasteiger partial charge in [-0.1, -0.05) is 17.7 Å². The predicted octanol–water partition coefficient (Wildman–Crippen LogP) is 3.14. The minimum absolute atomic E-state index is 0.0191. The number of hydrogen-bond donors (Lipinski definition) is 1. The fourth-order valence-electron chi connectivity index (χ4n) is 2.56. The van der Waals surface area contributed by atoms with Gasteiger partial charge < -0.3 is 10.0 Å². The highest BCUT2D eigenvalue weighted by Crippen LogP contribution is 2.35. The number of phenols is 1. The number of sulfone groups is 1. The number of aromatic hydroxyl groups is 1. The molecule has 1 heterocycles. The van der Waals surface area contributed by atoms with Crippen LogP contribution in [0.1, 0.15) is 22.3 Å². The van der Waals surface area contributed by atoms with E-state index in [0.29, 0.717) is 19.2 Å². The molecule has 1 saturated heterocycles. The molecule has 5 nitrogen and oxygen atoms in total. The third kappa shape index (κ3) is 3.52. The monoisotopic (exact) mass is 401 g/mol. The molecule has 0 bridgehead atoms. The quantitative estimate of drug-likeness (QED) is 0.854. The summed E-state index contributed by atoms with van der Waals surface area (Å²) in [5.41, 5.74) is -0.243. The Morgan fingerprint density at radius 1 is 1.19 bits per heavy atom. The number of nitrogens with zero attached hydrogens (tertiary/aromatic N) is 1. The van der Waals surface area contributed by atoms with Gasteiger partial charge >= 0.3 is 0 Å². The molecule has 138 valence electrons. The third-order valence-corrected chi connectivity index (χ3v) is 6.07. The van der Waals surface area contributed by atoms with Crippen LogP contribution < -0.4 is 0 Å². The molecule has 0 aromatic heterocycles. The molecule has 1 aliphatic rings. The van der Waals surface area contributed by atoms with Gasteiger partial charge in [0, 0.05) is 30.3 Å². The second-order valence-corrected chi connectivity index (χ2v) is 8.31. The molecular formula is C17H14ClF2NO4S. The lowest BCUT2D eigenvalue weighted by molar-refractivity contribution is 0.0651. The molecule has 1 fully saturated rings. The van der Waals surface area contributed by atoms with Gasteiger partial charge in [0.25, 0.3) is 5.91 Å². The van der Waals surface area contributed by atoms with Crippen LogP contribution in [-0.4, -0.2) is 37.4 Å². The van der Waals surface area contributed by atoms with Crippen molar-refractivity contribution in [3.8, 4) is 5.75 Å². The fraction of sp³-hybridized carbons (Fsp3) is 0.235. The first-order valence-corrected chi connectivity index (χ1v) is 9.70. The van der Waals surface area contributed by atoms with Crippen molar-refractivity contribution < 1.29 is 27.1 Å². The highest BCUT2D eigenvalue weighted by molar-refractivity contribution is 7.90. The minimum Gasteiger partial charge on any atom is -0.505 e. The highest BCUT2D eigenvalue weighted by Gasteiger charge is 2.28. The van der Waals surface area contributed by atoms with Crippen LogP contribution in [0.25, 0.3) is 0 Å². The van der Waals surface area contributed by atoms with E-state index in [1.54, 1.807) is 0 Å². The van der Waals surface area contributed by atoms with Crippen molar-refractivity contribution >= 4 is 27.3 Å². The van der Waals surface area contributed by atoms with Crippen molar-refractivity contribution in [2.45, 2.75) is 17.1 Å². The van der Waals surface area contributed by atoms with Crippen LogP contribution in [0.15, 0.2) is 35.2 Å². The van der Waals surface area contributed by atoms with Gasteiger partial charge in [-0.05, 0) is 24.6 Å². The first-order valence-electron chi connectivity index (χ1n) is 7.67. The summed E-state index contributed by atoms with van der Waals surface area (Å²) in [4.78, 5) is 13.2. The van der Waals surface area contributed by atoms with Crippen LogP contribution in [0.4, 0.5) is 8.78 Å². The average molecular weight is 402 g/mol. The zero-order valence-electron chi connectivity index (χ0n) is 13.4. The SMILES string of the molecule is O=C(c1cc(Cl)c(O)c(S(=O)(=O)Cc2ccc(F)cc2F)c1)N1CCC1. The summed E-state index contributed by atoms with van der Waals surface area (Å²) in [7, 11) is -4.24. The van der Waals surface area contributed by atoms with Crippen molar-refractivity contribution in [2.75, 3.05) is 13.1 Å². The summed E-state index contributed by atoms with van der Waals surface area (Å²) in [5.74, 6) is -3.79. The highest BCUT2D eigenvalue weighted by atomic mass is 35.5. The molecule has 1 N–H and O–H groups in total. The molecule has 0 aliphatic carbocycles. The van der Waals surface area contributed by atoms with E-state index in [-0.39, 0.29) is 16.1 Å².